The summed E-state index contributed by atoms with van der Waals surface area (Å²) in [6.45, 7) is 9.21. The summed E-state index contributed by atoms with van der Waals surface area (Å²) in [5, 5.41) is 8.91. The van der Waals surface area contributed by atoms with Crippen molar-refractivity contribution >= 4 is 10.0 Å². The van der Waals surface area contributed by atoms with Crippen LogP contribution in [0.15, 0.2) is 29.2 Å². The minimum absolute atomic E-state index is 0.0684. The van der Waals surface area contributed by atoms with Crippen LogP contribution in [0, 0.1) is 11.8 Å². The average Bonchev–Trinajstić information content (AvgIpc) is 2.38. The molecule has 0 fully saturated rings. The normalized spacial score (nSPS) is 12.6. The van der Waals surface area contributed by atoms with Crippen molar-refractivity contribution in [3.05, 3.63) is 29.8 Å². The highest BCUT2D eigenvalue weighted by Gasteiger charge is 2.25. The number of hydrogen-bond donors (Lipinski definition) is 1. The van der Waals surface area contributed by atoms with Gasteiger partial charge in [-0.3, -0.25) is 0 Å². The molecule has 0 aromatic heterocycles. The highest BCUT2D eigenvalue weighted by Crippen LogP contribution is 2.19. The van der Waals surface area contributed by atoms with Crippen LogP contribution in [0.3, 0.4) is 0 Å². The third kappa shape index (κ3) is 5.41. The Morgan fingerprint density at radius 1 is 1.00 bits per heavy atom. The monoisotopic (exact) mass is 313 g/mol. The molecule has 21 heavy (non-hydrogen) atoms. The van der Waals surface area contributed by atoms with Gasteiger partial charge in [0.1, 0.15) is 0 Å². The molecule has 120 valence electrons. The smallest absolute Gasteiger partial charge is 0.243 e. The molecule has 0 unspecified atom stereocenters. The number of benzene rings is 1. The Morgan fingerprint density at radius 2 is 1.48 bits per heavy atom. The summed E-state index contributed by atoms with van der Waals surface area (Å²) in [4.78, 5) is 0.325. The van der Waals surface area contributed by atoms with E-state index < -0.39 is 10.0 Å². The lowest BCUT2D eigenvalue weighted by atomic mass is 10.2. The Balaban J connectivity index is 3.03. The second-order valence-electron chi connectivity index (χ2n) is 6.23. The molecular weight excluding hydrogens is 286 g/mol. The van der Waals surface area contributed by atoms with Crippen molar-refractivity contribution in [3.8, 4) is 0 Å². The summed E-state index contributed by atoms with van der Waals surface area (Å²) in [7, 11) is -3.45. The third-order valence-corrected chi connectivity index (χ3v) is 4.95. The van der Waals surface area contributed by atoms with Gasteiger partial charge in [-0.15, -0.1) is 0 Å². The fourth-order valence-corrected chi connectivity index (χ4v) is 3.96. The van der Waals surface area contributed by atoms with E-state index in [0.717, 1.165) is 5.56 Å². The van der Waals surface area contributed by atoms with Gasteiger partial charge in [-0.05, 0) is 36.0 Å². The molecule has 0 saturated heterocycles. The van der Waals surface area contributed by atoms with Crippen LogP contribution < -0.4 is 0 Å². The molecule has 5 heteroatoms. The molecule has 0 aliphatic heterocycles. The molecular formula is C16H27NO3S. The van der Waals surface area contributed by atoms with E-state index >= 15 is 0 Å². The fourth-order valence-electron chi connectivity index (χ4n) is 2.19. The van der Waals surface area contributed by atoms with Crippen LogP contribution in [0.25, 0.3) is 0 Å². The second-order valence-corrected chi connectivity index (χ2v) is 8.17. The van der Waals surface area contributed by atoms with Crippen molar-refractivity contribution < 1.29 is 13.5 Å². The Bertz CT molecular complexity index is 511. The SMILES string of the molecule is CC(C)CN(CC(C)C)S(=O)(=O)c1ccc(CCO)cc1. The van der Waals surface area contributed by atoms with Gasteiger partial charge in [0, 0.05) is 19.7 Å². The Morgan fingerprint density at radius 3 is 1.86 bits per heavy atom. The number of rotatable bonds is 8. The van der Waals surface area contributed by atoms with Gasteiger partial charge < -0.3 is 5.11 Å². The first-order valence-corrected chi connectivity index (χ1v) is 8.91. The van der Waals surface area contributed by atoms with Crippen LogP contribution in [-0.2, 0) is 16.4 Å². The summed E-state index contributed by atoms with van der Waals surface area (Å²) in [5.74, 6) is 0.569. The number of aliphatic hydroxyl groups is 1. The van der Waals surface area contributed by atoms with Gasteiger partial charge >= 0.3 is 0 Å². The van der Waals surface area contributed by atoms with E-state index in [2.05, 4.69) is 0 Å². The van der Waals surface area contributed by atoms with Gasteiger partial charge in [0.15, 0.2) is 0 Å². The van der Waals surface area contributed by atoms with E-state index in [1.807, 2.05) is 27.7 Å². The van der Waals surface area contributed by atoms with Gasteiger partial charge in [-0.25, -0.2) is 8.42 Å². The van der Waals surface area contributed by atoms with Crippen molar-refractivity contribution in [3.63, 3.8) is 0 Å². The molecule has 0 atom stereocenters. The van der Waals surface area contributed by atoms with E-state index in [4.69, 9.17) is 5.11 Å². The molecule has 0 aliphatic rings. The summed E-state index contributed by atoms with van der Waals surface area (Å²) >= 11 is 0. The van der Waals surface area contributed by atoms with Crippen LogP contribution in [0.5, 0.6) is 0 Å². The van der Waals surface area contributed by atoms with Gasteiger partial charge in [0.05, 0.1) is 4.90 Å². The highest BCUT2D eigenvalue weighted by atomic mass is 32.2. The average molecular weight is 313 g/mol. The van der Waals surface area contributed by atoms with Crippen LogP contribution in [0.1, 0.15) is 33.3 Å². The third-order valence-electron chi connectivity index (χ3n) is 3.10. The van der Waals surface area contributed by atoms with Gasteiger partial charge in [-0.1, -0.05) is 39.8 Å². The minimum Gasteiger partial charge on any atom is -0.396 e. The van der Waals surface area contributed by atoms with Crippen molar-refractivity contribution in [2.45, 2.75) is 39.0 Å². The Kier molecular flexibility index (Phi) is 6.84. The molecule has 1 rings (SSSR count). The van der Waals surface area contributed by atoms with Crippen LogP contribution in [0.2, 0.25) is 0 Å². The number of sulfonamides is 1. The number of nitrogens with zero attached hydrogens (tertiary/aromatic N) is 1. The van der Waals surface area contributed by atoms with Crippen molar-refractivity contribution in [2.24, 2.45) is 11.8 Å². The van der Waals surface area contributed by atoms with Crippen LogP contribution in [-0.4, -0.2) is 37.5 Å². The van der Waals surface area contributed by atoms with E-state index in [9.17, 15) is 8.42 Å². The zero-order valence-electron chi connectivity index (χ0n) is 13.4. The lowest BCUT2D eigenvalue weighted by Crippen LogP contribution is -2.37. The molecule has 0 radical (unpaired) electrons. The predicted octanol–water partition coefficient (Wildman–Crippen LogP) is 2.52. The minimum atomic E-state index is -3.45. The van der Waals surface area contributed by atoms with Crippen LogP contribution in [0.4, 0.5) is 0 Å². The highest BCUT2D eigenvalue weighted by molar-refractivity contribution is 7.89. The molecule has 0 bridgehead atoms. The van der Waals surface area contributed by atoms with Gasteiger partial charge in [0.2, 0.25) is 10.0 Å². The molecule has 1 aromatic rings. The summed E-state index contributed by atoms with van der Waals surface area (Å²) in [6.07, 6.45) is 0.544. The standard InChI is InChI=1S/C16H27NO3S/c1-13(2)11-17(12-14(3)4)21(19,20)16-7-5-15(6-8-16)9-10-18/h5-8,13-14,18H,9-12H2,1-4H3. The quantitative estimate of drug-likeness (QED) is 0.802. The number of aliphatic hydroxyl groups excluding tert-OH is 1. The Hall–Kier alpha value is -0.910. The van der Waals surface area contributed by atoms with E-state index in [1.165, 1.54) is 0 Å². The second kappa shape index (κ2) is 7.92. The Labute approximate surface area is 128 Å². The molecule has 0 saturated carbocycles. The van der Waals surface area contributed by atoms with E-state index in [-0.39, 0.29) is 18.4 Å². The first kappa shape index (κ1) is 18.1. The summed E-state index contributed by atoms with van der Waals surface area (Å²) < 4.78 is 27.1. The van der Waals surface area contributed by atoms with Crippen LogP contribution >= 0.6 is 0 Å². The molecule has 0 aliphatic carbocycles. The summed E-state index contributed by atoms with van der Waals surface area (Å²) in [6, 6.07) is 6.81. The van der Waals surface area contributed by atoms with Crippen molar-refractivity contribution in [1.82, 2.24) is 4.31 Å². The predicted molar refractivity (Wildman–Crippen MR) is 85.7 cm³/mol. The first-order chi connectivity index (χ1) is 9.77. The lowest BCUT2D eigenvalue weighted by molar-refractivity contribution is 0.299. The summed E-state index contributed by atoms with van der Waals surface area (Å²) in [5.41, 5.74) is 0.940. The molecule has 0 heterocycles. The maximum Gasteiger partial charge on any atom is 0.243 e. The van der Waals surface area contributed by atoms with Gasteiger partial charge in [0.25, 0.3) is 0 Å². The topological polar surface area (TPSA) is 57.6 Å². The molecule has 0 spiro atoms. The largest absolute Gasteiger partial charge is 0.396 e. The zero-order valence-corrected chi connectivity index (χ0v) is 14.2. The van der Waals surface area contributed by atoms with E-state index in [0.29, 0.717) is 24.4 Å². The lowest BCUT2D eigenvalue weighted by Gasteiger charge is -2.25. The van der Waals surface area contributed by atoms with Gasteiger partial charge in [-0.2, -0.15) is 4.31 Å². The van der Waals surface area contributed by atoms with Crippen molar-refractivity contribution in [2.75, 3.05) is 19.7 Å². The molecule has 1 aromatic carbocycles. The fraction of sp³-hybridized carbons (Fsp3) is 0.625. The van der Waals surface area contributed by atoms with Crippen molar-refractivity contribution in [1.29, 1.82) is 0 Å². The maximum absolute atomic E-state index is 12.7. The van der Waals surface area contributed by atoms with E-state index in [1.54, 1.807) is 28.6 Å². The molecule has 0 amide bonds. The molecule has 1 N–H and O–H groups in total. The number of hydrogen-bond acceptors (Lipinski definition) is 3. The zero-order chi connectivity index (χ0) is 16.0. The molecule has 4 nitrogen and oxygen atoms in total. The maximum atomic E-state index is 12.7. The first-order valence-electron chi connectivity index (χ1n) is 7.47.